The molecule has 0 saturated carbocycles. The molecule has 8 bridgehead atoms. The van der Waals surface area contributed by atoms with Gasteiger partial charge in [-0.2, -0.15) is 0 Å². The molecule has 4 aromatic heterocycles. The lowest BCUT2D eigenvalue weighted by Gasteiger charge is -2.01. The molecule has 0 amide bonds. The van der Waals surface area contributed by atoms with Gasteiger partial charge in [-0.05, 0) is 77.9 Å². The Morgan fingerprint density at radius 1 is 0.618 bits per heavy atom. The Hall–Kier alpha value is -4.71. The molecule has 0 atom stereocenters. The lowest BCUT2D eigenvalue weighted by atomic mass is 10.0. The lowest BCUT2D eigenvalue weighted by molar-refractivity contribution is -0.136. The summed E-state index contributed by atoms with van der Waals surface area (Å²) in [5, 5.41) is 13.1. The fourth-order valence-corrected chi connectivity index (χ4v) is 4.35. The van der Waals surface area contributed by atoms with Crippen LogP contribution in [-0.2, 0) is 11.2 Å². The van der Waals surface area contributed by atoms with E-state index >= 15 is 0 Å². The summed E-state index contributed by atoms with van der Waals surface area (Å²) in [6.07, 6.45) is 8.35. The molecule has 5 N–H and O–H groups in total. The Kier molecular flexibility index (Phi) is 4.70. The van der Waals surface area contributed by atoms with Gasteiger partial charge in [-0.3, -0.25) is 4.79 Å². The van der Waals surface area contributed by atoms with Crippen LogP contribution in [0.25, 0.3) is 35.4 Å². The van der Waals surface area contributed by atoms with Crippen molar-refractivity contribution in [3.05, 3.63) is 116 Å². The number of nitrogens with one attached hydrogen (secondary N) is 4. The third kappa shape index (κ3) is 4.04. The zero-order valence-corrected chi connectivity index (χ0v) is 18.2. The Morgan fingerprint density at radius 2 is 1.18 bits per heavy atom. The number of hydrogen-bond acceptors (Lipinski definition) is 1. The van der Waals surface area contributed by atoms with Crippen molar-refractivity contribution in [1.29, 1.82) is 0 Å². The predicted octanol–water partition coefficient (Wildman–Crippen LogP) is 1.92. The molecule has 0 fully saturated rings. The molecule has 1 aliphatic heterocycles. The summed E-state index contributed by atoms with van der Waals surface area (Å²) in [5.41, 5.74) is 6.84. The third-order valence-corrected chi connectivity index (χ3v) is 5.92. The fraction of sp³-hybridized carbons (Fsp3) is 0.0357. The molecule has 5 aromatic rings. The number of aliphatic carboxylic acids is 1. The molecule has 1 aliphatic rings. The number of fused-ring (bicyclic) bond motifs is 8. The molecule has 166 valence electrons. The molecule has 0 spiro atoms. The summed E-state index contributed by atoms with van der Waals surface area (Å²) in [6.45, 7) is 0. The number of rotatable bonds is 3. The zero-order chi connectivity index (χ0) is 23.1. The zero-order valence-electron chi connectivity index (χ0n) is 18.2. The smallest absolute Gasteiger partial charge is 0.307 e. The summed E-state index contributed by atoms with van der Waals surface area (Å²) < 4.78 is 0. The van der Waals surface area contributed by atoms with Crippen molar-refractivity contribution in [2.45, 2.75) is 6.42 Å². The van der Waals surface area contributed by atoms with Crippen molar-refractivity contribution in [2.24, 2.45) is 0 Å². The van der Waals surface area contributed by atoms with Gasteiger partial charge in [0.15, 0.2) is 0 Å². The first kappa shape index (κ1) is 19.9. The van der Waals surface area contributed by atoms with E-state index in [1.807, 2.05) is 24.3 Å². The SMILES string of the molecule is O=C(O)Cc1ccc(-c2cc3[nH]c2=Cc2ccc([nH]2)C=c2ccc([nH]2)=Cc2ccc([nH]2)C=3)cc1. The van der Waals surface area contributed by atoms with Crippen LogP contribution >= 0.6 is 0 Å². The van der Waals surface area contributed by atoms with E-state index in [1.165, 1.54) is 0 Å². The van der Waals surface area contributed by atoms with Crippen molar-refractivity contribution in [1.82, 2.24) is 19.9 Å². The van der Waals surface area contributed by atoms with Gasteiger partial charge in [0, 0.05) is 49.7 Å². The van der Waals surface area contributed by atoms with Crippen LogP contribution in [0.2, 0.25) is 0 Å². The number of carboxylic acid groups (broad SMARTS) is 1. The van der Waals surface area contributed by atoms with E-state index in [9.17, 15) is 4.79 Å². The lowest BCUT2D eigenvalue weighted by Crippen LogP contribution is -2.11. The first-order valence-corrected chi connectivity index (χ1v) is 11.1. The van der Waals surface area contributed by atoms with E-state index in [0.29, 0.717) is 0 Å². The van der Waals surface area contributed by atoms with Crippen LogP contribution in [-0.4, -0.2) is 31.0 Å². The van der Waals surface area contributed by atoms with Crippen LogP contribution in [0.3, 0.4) is 0 Å². The number of carboxylic acids is 1. The van der Waals surface area contributed by atoms with E-state index in [4.69, 9.17) is 5.11 Å². The highest BCUT2D eigenvalue weighted by Crippen LogP contribution is 2.16. The maximum Gasteiger partial charge on any atom is 0.307 e. The average molecular weight is 447 g/mol. The fourth-order valence-electron chi connectivity index (χ4n) is 4.35. The average Bonchev–Trinajstić information content (AvgIpc) is 3.59. The van der Waals surface area contributed by atoms with E-state index < -0.39 is 5.97 Å². The molecular weight excluding hydrogens is 424 g/mol. The minimum absolute atomic E-state index is 0.0154. The van der Waals surface area contributed by atoms with Crippen molar-refractivity contribution in [2.75, 3.05) is 0 Å². The number of hydrogen-bond donors (Lipinski definition) is 5. The van der Waals surface area contributed by atoms with Crippen molar-refractivity contribution in [3.63, 3.8) is 0 Å². The second-order valence-electron chi connectivity index (χ2n) is 8.50. The highest BCUT2D eigenvalue weighted by Gasteiger charge is 2.06. The minimum Gasteiger partial charge on any atom is -0.481 e. The van der Waals surface area contributed by atoms with Gasteiger partial charge >= 0.3 is 5.97 Å². The second kappa shape index (κ2) is 8.01. The van der Waals surface area contributed by atoms with Crippen LogP contribution in [0.5, 0.6) is 0 Å². The van der Waals surface area contributed by atoms with Crippen LogP contribution in [0.15, 0.2) is 66.7 Å². The van der Waals surface area contributed by atoms with E-state index in [0.717, 1.165) is 60.9 Å². The molecule has 6 nitrogen and oxygen atoms in total. The quantitative estimate of drug-likeness (QED) is 0.287. The van der Waals surface area contributed by atoms with Crippen molar-refractivity contribution in [3.8, 4) is 11.1 Å². The molecule has 5 heterocycles. The summed E-state index contributed by atoms with van der Waals surface area (Å²) >= 11 is 0. The third-order valence-electron chi connectivity index (χ3n) is 5.92. The maximum absolute atomic E-state index is 11.0. The molecule has 0 radical (unpaired) electrons. The Balaban J connectivity index is 1.54. The molecule has 0 aliphatic carbocycles. The molecule has 6 rings (SSSR count). The summed E-state index contributed by atoms with van der Waals surface area (Å²) in [5.74, 6) is -0.832. The van der Waals surface area contributed by atoms with Crippen molar-refractivity contribution < 1.29 is 9.90 Å². The van der Waals surface area contributed by atoms with E-state index in [2.05, 4.69) is 86.7 Å². The largest absolute Gasteiger partial charge is 0.481 e. The molecule has 0 saturated heterocycles. The first-order chi connectivity index (χ1) is 16.6. The molecule has 34 heavy (non-hydrogen) atoms. The number of carbonyl (C=O) groups is 1. The van der Waals surface area contributed by atoms with Gasteiger partial charge in [-0.25, -0.2) is 0 Å². The number of benzene rings is 1. The standard InChI is InChI=1S/C28H22N4O2/c33-28(34)11-17-1-3-18(4-2-17)26-15-25-14-23-8-7-21(30-23)12-19-5-6-20(29-19)13-22-9-10-24(31-22)16-27(26)32-25/h1-10,12-16,29-32H,11H2,(H,33,34). The maximum atomic E-state index is 11.0. The van der Waals surface area contributed by atoms with Crippen LogP contribution in [0.1, 0.15) is 28.3 Å². The van der Waals surface area contributed by atoms with Crippen LogP contribution in [0, 0.1) is 0 Å². The first-order valence-electron chi connectivity index (χ1n) is 11.1. The summed E-state index contributed by atoms with van der Waals surface area (Å²) in [6, 6.07) is 22.2. The van der Waals surface area contributed by atoms with Gasteiger partial charge in [0.05, 0.1) is 6.42 Å². The Bertz CT molecular complexity index is 1760. The highest BCUT2D eigenvalue weighted by atomic mass is 16.4. The van der Waals surface area contributed by atoms with Gasteiger partial charge in [-0.15, -0.1) is 0 Å². The monoisotopic (exact) mass is 446 g/mol. The van der Waals surface area contributed by atoms with Crippen molar-refractivity contribution >= 4 is 30.3 Å². The van der Waals surface area contributed by atoms with Crippen LogP contribution in [0.4, 0.5) is 0 Å². The van der Waals surface area contributed by atoms with Gasteiger partial charge in [0.2, 0.25) is 0 Å². The van der Waals surface area contributed by atoms with Gasteiger partial charge in [-0.1, -0.05) is 24.3 Å². The number of aromatic amines is 4. The Morgan fingerprint density at radius 3 is 1.76 bits per heavy atom. The highest BCUT2D eigenvalue weighted by molar-refractivity contribution is 5.72. The topological polar surface area (TPSA) is 100 Å². The Labute approximate surface area is 194 Å². The van der Waals surface area contributed by atoms with Crippen LogP contribution < -0.4 is 21.4 Å². The normalized spacial score (nSPS) is 12.2. The van der Waals surface area contributed by atoms with E-state index in [1.54, 1.807) is 0 Å². The van der Waals surface area contributed by atoms with Gasteiger partial charge in [0.1, 0.15) is 0 Å². The molecular formula is C28H22N4O2. The van der Waals surface area contributed by atoms with E-state index in [-0.39, 0.29) is 6.42 Å². The molecule has 6 heteroatoms. The summed E-state index contributed by atoms with van der Waals surface area (Å²) in [7, 11) is 0. The second-order valence-corrected chi connectivity index (χ2v) is 8.50. The molecule has 1 aromatic carbocycles. The van der Waals surface area contributed by atoms with Gasteiger partial charge < -0.3 is 25.0 Å². The summed E-state index contributed by atoms with van der Waals surface area (Å²) in [4.78, 5) is 24.9. The minimum atomic E-state index is -0.832. The molecule has 0 unspecified atom stereocenters. The van der Waals surface area contributed by atoms with Gasteiger partial charge in [0.25, 0.3) is 0 Å². The number of H-pyrrole nitrogens is 4. The number of aromatic nitrogens is 4. The predicted molar refractivity (Wildman–Crippen MR) is 133 cm³/mol.